The first-order valence-corrected chi connectivity index (χ1v) is 5.95. The molecule has 19 heavy (non-hydrogen) atoms. The molecular weight excluding hydrogens is 244 g/mol. The summed E-state index contributed by atoms with van der Waals surface area (Å²) >= 11 is 0. The Kier molecular flexibility index (Phi) is 4.36. The minimum Gasteiger partial charge on any atom is -0.469 e. The van der Waals surface area contributed by atoms with Gasteiger partial charge < -0.3 is 14.2 Å². The van der Waals surface area contributed by atoms with E-state index in [1.807, 2.05) is 36.4 Å². The van der Waals surface area contributed by atoms with Crippen LogP contribution < -0.4 is 4.74 Å². The number of carbonyl (C=O) groups is 1. The molecule has 0 heterocycles. The number of fused-ring (bicyclic) bond motifs is 1. The summed E-state index contributed by atoms with van der Waals surface area (Å²) in [5.41, 5.74) is 0.794. The Balaban J connectivity index is 2.46. The molecule has 0 saturated heterocycles. The van der Waals surface area contributed by atoms with Gasteiger partial charge in [0.15, 0.2) is 6.79 Å². The molecule has 2 aromatic carbocycles. The van der Waals surface area contributed by atoms with E-state index in [4.69, 9.17) is 14.2 Å². The molecule has 0 aliphatic rings. The zero-order valence-corrected chi connectivity index (χ0v) is 11.0. The van der Waals surface area contributed by atoms with Gasteiger partial charge in [0, 0.05) is 18.1 Å². The lowest BCUT2D eigenvalue weighted by Gasteiger charge is -2.13. The maximum atomic E-state index is 11.4. The number of methoxy groups -OCH3 is 2. The molecule has 0 N–H and O–H groups in total. The molecule has 100 valence electrons. The second-order valence-electron chi connectivity index (χ2n) is 4.08. The summed E-state index contributed by atoms with van der Waals surface area (Å²) in [7, 11) is 2.93. The van der Waals surface area contributed by atoms with Crippen LogP contribution in [0.1, 0.15) is 5.56 Å². The smallest absolute Gasteiger partial charge is 0.310 e. The largest absolute Gasteiger partial charge is 0.469 e. The van der Waals surface area contributed by atoms with Gasteiger partial charge in [-0.3, -0.25) is 4.79 Å². The molecule has 4 heteroatoms. The van der Waals surface area contributed by atoms with Crippen LogP contribution in [0.5, 0.6) is 5.75 Å². The molecule has 0 atom stereocenters. The van der Waals surface area contributed by atoms with E-state index in [1.54, 1.807) is 7.11 Å². The van der Waals surface area contributed by atoms with Crippen LogP contribution in [-0.2, 0) is 20.7 Å². The van der Waals surface area contributed by atoms with Crippen LogP contribution >= 0.6 is 0 Å². The molecule has 0 fully saturated rings. The summed E-state index contributed by atoms with van der Waals surface area (Å²) in [5, 5.41) is 2.02. The van der Waals surface area contributed by atoms with E-state index in [-0.39, 0.29) is 19.2 Å². The molecule has 0 saturated carbocycles. The van der Waals surface area contributed by atoms with Crippen LogP contribution in [0, 0.1) is 0 Å². The average Bonchev–Trinajstić information content (AvgIpc) is 2.45. The van der Waals surface area contributed by atoms with Gasteiger partial charge in [-0.05, 0) is 5.39 Å². The number of rotatable bonds is 5. The van der Waals surface area contributed by atoms with Crippen LogP contribution in [0.2, 0.25) is 0 Å². The van der Waals surface area contributed by atoms with E-state index in [1.165, 1.54) is 7.11 Å². The van der Waals surface area contributed by atoms with Gasteiger partial charge in [-0.1, -0.05) is 36.4 Å². The zero-order valence-electron chi connectivity index (χ0n) is 11.0. The monoisotopic (exact) mass is 260 g/mol. The first-order chi connectivity index (χ1) is 9.26. The Morgan fingerprint density at radius 1 is 1.11 bits per heavy atom. The topological polar surface area (TPSA) is 44.8 Å². The average molecular weight is 260 g/mol. The van der Waals surface area contributed by atoms with Gasteiger partial charge >= 0.3 is 5.97 Å². The quantitative estimate of drug-likeness (QED) is 0.612. The van der Waals surface area contributed by atoms with E-state index >= 15 is 0 Å². The number of esters is 1. The highest BCUT2D eigenvalue weighted by Gasteiger charge is 2.12. The summed E-state index contributed by atoms with van der Waals surface area (Å²) in [6.07, 6.45) is 0.181. The fraction of sp³-hybridized carbons (Fsp3) is 0.267. The Hall–Kier alpha value is -2.07. The molecule has 0 aliphatic carbocycles. The number of ether oxygens (including phenoxy) is 3. The van der Waals surface area contributed by atoms with E-state index in [0.29, 0.717) is 5.75 Å². The third-order valence-corrected chi connectivity index (χ3v) is 2.84. The van der Waals surface area contributed by atoms with Gasteiger partial charge in [-0.2, -0.15) is 0 Å². The van der Waals surface area contributed by atoms with Crippen LogP contribution in [-0.4, -0.2) is 27.0 Å². The van der Waals surface area contributed by atoms with E-state index < -0.39 is 0 Å². The fourth-order valence-corrected chi connectivity index (χ4v) is 1.94. The van der Waals surface area contributed by atoms with Gasteiger partial charge in [-0.15, -0.1) is 0 Å². The zero-order chi connectivity index (χ0) is 13.7. The molecule has 4 nitrogen and oxygen atoms in total. The highest BCUT2D eigenvalue weighted by atomic mass is 16.7. The van der Waals surface area contributed by atoms with Crippen molar-refractivity contribution >= 4 is 16.7 Å². The summed E-state index contributed by atoms with van der Waals surface area (Å²) in [6.45, 7) is 0.141. The van der Waals surface area contributed by atoms with E-state index in [2.05, 4.69) is 0 Å². The van der Waals surface area contributed by atoms with Crippen molar-refractivity contribution in [1.82, 2.24) is 0 Å². The Labute approximate surface area is 111 Å². The first-order valence-electron chi connectivity index (χ1n) is 5.95. The molecule has 0 amide bonds. The van der Waals surface area contributed by atoms with Crippen molar-refractivity contribution in [2.45, 2.75) is 6.42 Å². The van der Waals surface area contributed by atoms with Crippen molar-refractivity contribution in [2.75, 3.05) is 21.0 Å². The van der Waals surface area contributed by atoms with Crippen molar-refractivity contribution in [2.24, 2.45) is 0 Å². The van der Waals surface area contributed by atoms with Crippen molar-refractivity contribution in [3.63, 3.8) is 0 Å². The molecule has 0 radical (unpaired) electrons. The standard InChI is InChI=1S/C15H16O4/c1-17-10-19-15-12(9-14(16)18-2)8-7-11-5-3-4-6-13(11)15/h3-8H,9-10H2,1-2H3. The predicted molar refractivity (Wildman–Crippen MR) is 72.2 cm³/mol. The summed E-state index contributed by atoms with van der Waals surface area (Å²) < 4.78 is 15.3. The van der Waals surface area contributed by atoms with Gasteiger partial charge in [-0.25, -0.2) is 0 Å². The predicted octanol–water partition coefficient (Wildman–Crippen LogP) is 2.54. The highest BCUT2D eigenvalue weighted by molar-refractivity contribution is 5.90. The third-order valence-electron chi connectivity index (χ3n) is 2.84. The van der Waals surface area contributed by atoms with Gasteiger partial charge in [0.1, 0.15) is 5.75 Å². The lowest BCUT2D eigenvalue weighted by molar-refractivity contribution is -0.139. The maximum absolute atomic E-state index is 11.4. The minimum atomic E-state index is -0.294. The first kappa shape index (κ1) is 13.4. The molecule has 2 rings (SSSR count). The van der Waals surface area contributed by atoms with Gasteiger partial charge in [0.25, 0.3) is 0 Å². The SMILES string of the molecule is COCOc1c(CC(=O)OC)ccc2ccccc12. The number of hydrogen-bond acceptors (Lipinski definition) is 4. The highest BCUT2D eigenvalue weighted by Crippen LogP contribution is 2.30. The molecule has 0 spiro atoms. The molecule has 0 bridgehead atoms. The van der Waals surface area contributed by atoms with Crippen LogP contribution in [0.4, 0.5) is 0 Å². The van der Waals surface area contributed by atoms with Crippen LogP contribution in [0.25, 0.3) is 10.8 Å². The normalized spacial score (nSPS) is 10.4. The number of benzene rings is 2. The minimum absolute atomic E-state index is 0.141. The van der Waals surface area contributed by atoms with Crippen molar-refractivity contribution in [3.8, 4) is 5.75 Å². The Morgan fingerprint density at radius 2 is 1.89 bits per heavy atom. The second kappa shape index (κ2) is 6.20. The number of carbonyl (C=O) groups excluding carboxylic acids is 1. The second-order valence-corrected chi connectivity index (χ2v) is 4.08. The molecule has 2 aromatic rings. The fourth-order valence-electron chi connectivity index (χ4n) is 1.94. The Morgan fingerprint density at radius 3 is 2.63 bits per heavy atom. The number of hydrogen-bond donors (Lipinski definition) is 0. The lowest BCUT2D eigenvalue weighted by Crippen LogP contribution is -2.08. The summed E-state index contributed by atoms with van der Waals surface area (Å²) in [4.78, 5) is 11.4. The maximum Gasteiger partial charge on any atom is 0.310 e. The molecule has 0 aromatic heterocycles. The van der Waals surface area contributed by atoms with Gasteiger partial charge in [0.2, 0.25) is 0 Å². The van der Waals surface area contributed by atoms with E-state index in [0.717, 1.165) is 16.3 Å². The van der Waals surface area contributed by atoms with Crippen LogP contribution in [0.3, 0.4) is 0 Å². The molecule has 0 unspecified atom stereocenters. The third kappa shape index (κ3) is 3.03. The van der Waals surface area contributed by atoms with Crippen LogP contribution in [0.15, 0.2) is 36.4 Å². The van der Waals surface area contributed by atoms with Gasteiger partial charge in [0.05, 0.1) is 13.5 Å². The van der Waals surface area contributed by atoms with E-state index in [9.17, 15) is 4.79 Å². The van der Waals surface area contributed by atoms with Crippen molar-refractivity contribution in [1.29, 1.82) is 0 Å². The van der Waals surface area contributed by atoms with Crippen molar-refractivity contribution in [3.05, 3.63) is 42.0 Å². The lowest BCUT2D eigenvalue weighted by atomic mass is 10.0. The summed E-state index contributed by atoms with van der Waals surface area (Å²) in [6, 6.07) is 11.7. The molecular formula is C15H16O4. The van der Waals surface area contributed by atoms with Crippen molar-refractivity contribution < 1.29 is 19.0 Å². The summed E-state index contributed by atoms with van der Waals surface area (Å²) in [5.74, 6) is 0.378. The molecule has 0 aliphatic heterocycles. The Bertz CT molecular complexity index is 577.